The smallest absolute Gasteiger partial charge is 0.0857 e. The van der Waals surface area contributed by atoms with Crippen molar-refractivity contribution < 1.29 is 5.11 Å². The third kappa shape index (κ3) is 4.09. The van der Waals surface area contributed by atoms with Gasteiger partial charge in [-0.1, -0.05) is 30.4 Å². The number of aliphatic hydroxyl groups is 1. The van der Waals surface area contributed by atoms with Crippen LogP contribution in [0.4, 0.5) is 0 Å². The van der Waals surface area contributed by atoms with Crippen LogP contribution in [0.2, 0.25) is 0 Å². The molecule has 0 aliphatic heterocycles. The van der Waals surface area contributed by atoms with Crippen LogP contribution >= 0.6 is 0 Å². The Morgan fingerprint density at radius 2 is 1.77 bits per heavy atom. The summed E-state index contributed by atoms with van der Waals surface area (Å²) < 4.78 is 0. The van der Waals surface area contributed by atoms with Crippen molar-refractivity contribution in [2.75, 3.05) is 0 Å². The highest BCUT2D eigenvalue weighted by Crippen LogP contribution is 2.20. The summed E-state index contributed by atoms with van der Waals surface area (Å²) in [7, 11) is 0. The normalized spacial score (nSPS) is 16.5. The van der Waals surface area contributed by atoms with Gasteiger partial charge in [-0.15, -0.1) is 0 Å². The number of hydrogen-bond acceptors (Lipinski definition) is 1. The Labute approximate surface area is 81.5 Å². The van der Waals surface area contributed by atoms with Crippen molar-refractivity contribution in [2.24, 2.45) is 0 Å². The van der Waals surface area contributed by atoms with Gasteiger partial charge in [-0.3, -0.25) is 0 Å². The van der Waals surface area contributed by atoms with E-state index >= 15 is 0 Å². The molecule has 0 saturated carbocycles. The van der Waals surface area contributed by atoms with Crippen molar-refractivity contribution in [3.8, 4) is 0 Å². The highest BCUT2D eigenvalue weighted by Gasteiger charge is 2.19. The predicted octanol–water partition coefficient (Wildman–Crippen LogP) is 3.23. The molecule has 1 N–H and O–H groups in total. The van der Waals surface area contributed by atoms with Gasteiger partial charge in [0.15, 0.2) is 0 Å². The lowest BCUT2D eigenvalue weighted by Gasteiger charge is -2.22. The number of allylic oxidation sites excluding steroid dienone is 2. The predicted molar refractivity (Wildman–Crippen MR) is 58.6 cm³/mol. The van der Waals surface area contributed by atoms with Crippen molar-refractivity contribution in [3.05, 3.63) is 36.0 Å². The lowest BCUT2D eigenvalue weighted by Crippen LogP contribution is -2.23. The maximum Gasteiger partial charge on any atom is 0.0857 e. The molecule has 0 rings (SSSR count). The van der Waals surface area contributed by atoms with Gasteiger partial charge in [0.1, 0.15) is 0 Å². The zero-order valence-corrected chi connectivity index (χ0v) is 9.15. The Kier molecular flexibility index (Phi) is 4.15. The molecule has 0 fully saturated rings. The largest absolute Gasteiger partial charge is 0.386 e. The maximum atomic E-state index is 9.85. The molecule has 1 atom stereocenters. The summed E-state index contributed by atoms with van der Waals surface area (Å²) in [5.74, 6) is 0. The number of rotatable bonds is 4. The minimum Gasteiger partial charge on any atom is -0.386 e. The van der Waals surface area contributed by atoms with E-state index in [9.17, 15) is 5.11 Å². The molecule has 0 heterocycles. The summed E-state index contributed by atoms with van der Waals surface area (Å²) in [6.07, 6.45) is 2.60. The number of hydrogen-bond donors (Lipinski definition) is 1. The standard InChI is InChI=1S/C12H20O/c1-9(2)11(5)7-8-12(6,13)10(3)4/h7,13H,1,3,8H2,2,4-6H3. The fourth-order valence-electron chi connectivity index (χ4n) is 0.700. The summed E-state index contributed by atoms with van der Waals surface area (Å²) >= 11 is 0. The fourth-order valence-corrected chi connectivity index (χ4v) is 0.700. The van der Waals surface area contributed by atoms with Crippen LogP contribution in [-0.4, -0.2) is 10.7 Å². The first-order valence-corrected chi connectivity index (χ1v) is 4.48. The van der Waals surface area contributed by atoms with Crippen LogP contribution in [0.15, 0.2) is 36.0 Å². The SMILES string of the molecule is C=C(C)C(C)=CCC(C)(O)C(=C)C. The van der Waals surface area contributed by atoms with Crippen LogP contribution in [0.25, 0.3) is 0 Å². The van der Waals surface area contributed by atoms with Gasteiger partial charge in [-0.05, 0) is 39.7 Å². The van der Waals surface area contributed by atoms with Gasteiger partial charge in [0.25, 0.3) is 0 Å². The van der Waals surface area contributed by atoms with E-state index in [0.717, 1.165) is 16.7 Å². The van der Waals surface area contributed by atoms with Crippen molar-refractivity contribution >= 4 is 0 Å². The molecule has 0 amide bonds. The first kappa shape index (κ1) is 12.2. The average Bonchev–Trinajstić information content (AvgIpc) is 1.99. The lowest BCUT2D eigenvalue weighted by atomic mass is 9.93. The van der Waals surface area contributed by atoms with Crippen LogP contribution in [0.5, 0.6) is 0 Å². The molecule has 0 aromatic heterocycles. The molecule has 1 heteroatoms. The van der Waals surface area contributed by atoms with Crippen molar-refractivity contribution in [1.29, 1.82) is 0 Å². The third-order valence-electron chi connectivity index (χ3n) is 2.40. The lowest BCUT2D eigenvalue weighted by molar-refractivity contribution is 0.102. The van der Waals surface area contributed by atoms with Crippen LogP contribution in [0.3, 0.4) is 0 Å². The van der Waals surface area contributed by atoms with Crippen LogP contribution in [-0.2, 0) is 0 Å². The van der Waals surface area contributed by atoms with Gasteiger partial charge in [0.05, 0.1) is 5.60 Å². The molecule has 74 valence electrons. The Balaban J connectivity index is 4.39. The molecule has 0 saturated heterocycles. The molecule has 0 aromatic rings. The van der Waals surface area contributed by atoms with Crippen molar-refractivity contribution in [1.82, 2.24) is 0 Å². The van der Waals surface area contributed by atoms with E-state index in [2.05, 4.69) is 13.2 Å². The van der Waals surface area contributed by atoms with Gasteiger partial charge >= 0.3 is 0 Å². The Morgan fingerprint density at radius 1 is 1.31 bits per heavy atom. The van der Waals surface area contributed by atoms with Gasteiger partial charge in [-0.25, -0.2) is 0 Å². The van der Waals surface area contributed by atoms with E-state index in [1.807, 2.05) is 26.8 Å². The molecule has 0 bridgehead atoms. The zero-order chi connectivity index (χ0) is 10.6. The highest BCUT2D eigenvalue weighted by atomic mass is 16.3. The Hall–Kier alpha value is -0.820. The summed E-state index contributed by atoms with van der Waals surface area (Å²) in [6.45, 7) is 15.1. The van der Waals surface area contributed by atoms with Gasteiger partial charge in [0.2, 0.25) is 0 Å². The van der Waals surface area contributed by atoms with Crippen LogP contribution in [0, 0.1) is 0 Å². The molecule has 0 aliphatic carbocycles. The van der Waals surface area contributed by atoms with E-state index in [1.165, 1.54) is 0 Å². The van der Waals surface area contributed by atoms with E-state index in [1.54, 1.807) is 6.92 Å². The summed E-state index contributed by atoms with van der Waals surface area (Å²) in [6, 6.07) is 0. The minimum absolute atomic E-state index is 0.598. The van der Waals surface area contributed by atoms with Crippen molar-refractivity contribution in [3.63, 3.8) is 0 Å². The quantitative estimate of drug-likeness (QED) is 0.520. The third-order valence-corrected chi connectivity index (χ3v) is 2.40. The van der Waals surface area contributed by atoms with Crippen LogP contribution < -0.4 is 0 Å². The van der Waals surface area contributed by atoms with Gasteiger partial charge in [-0.2, -0.15) is 0 Å². The zero-order valence-electron chi connectivity index (χ0n) is 9.15. The molecular formula is C12H20O. The van der Waals surface area contributed by atoms with Gasteiger partial charge < -0.3 is 5.11 Å². The molecule has 13 heavy (non-hydrogen) atoms. The second-order valence-corrected chi connectivity index (χ2v) is 3.93. The highest BCUT2D eigenvalue weighted by molar-refractivity contribution is 5.25. The fraction of sp³-hybridized carbons (Fsp3) is 0.500. The van der Waals surface area contributed by atoms with E-state index in [0.29, 0.717) is 6.42 Å². The Bertz CT molecular complexity index is 244. The molecule has 1 unspecified atom stereocenters. The first-order valence-electron chi connectivity index (χ1n) is 4.48. The average molecular weight is 180 g/mol. The molecular weight excluding hydrogens is 160 g/mol. The van der Waals surface area contributed by atoms with E-state index < -0.39 is 5.60 Å². The monoisotopic (exact) mass is 180 g/mol. The van der Waals surface area contributed by atoms with Gasteiger partial charge in [0, 0.05) is 0 Å². The molecule has 0 aromatic carbocycles. The second kappa shape index (κ2) is 4.43. The molecule has 0 spiro atoms. The summed E-state index contributed by atoms with van der Waals surface area (Å²) in [5, 5.41) is 9.85. The van der Waals surface area contributed by atoms with Crippen LogP contribution in [0.1, 0.15) is 34.1 Å². The molecule has 1 nitrogen and oxygen atoms in total. The topological polar surface area (TPSA) is 20.2 Å². The Morgan fingerprint density at radius 3 is 2.08 bits per heavy atom. The maximum absolute atomic E-state index is 9.85. The van der Waals surface area contributed by atoms with Crippen molar-refractivity contribution in [2.45, 2.75) is 39.7 Å². The summed E-state index contributed by atoms with van der Waals surface area (Å²) in [4.78, 5) is 0. The van der Waals surface area contributed by atoms with E-state index in [-0.39, 0.29) is 0 Å². The minimum atomic E-state index is -0.795. The first-order chi connectivity index (χ1) is 5.77. The summed E-state index contributed by atoms with van der Waals surface area (Å²) in [5.41, 5.74) is 2.16. The molecule has 0 aliphatic rings. The molecule has 0 radical (unpaired) electrons. The van der Waals surface area contributed by atoms with E-state index in [4.69, 9.17) is 0 Å². The second-order valence-electron chi connectivity index (χ2n) is 3.93.